The average molecular weight is 405 g/mol. The molecule has 3 rings (SSSR count). The van der Waals surface area contributed by atoms with Gasteiger partial charge in [0.05, 0.1) is 6.04 Å². The van der Waals surface area contributed by atoms with Gasteiger partial charge in [0.15, 0.2) is 5.82 Å². The Morgan fingerprint density at radius 2 is 1.93 bits per heavy atom. The topological polar surface area (TPSA) is 67.8 Å². The smallest absolute Gasteiger partial charge is 0.410 e. The molecule has 0 unspecified atom stereocenters. The molecule has 1 aromatic heterocycles. The van der Waals surface area contributed by atoms with E-state index in [1.807, 2.05) is 56.0 Å². The van der Waals surface area contributed by atoms with Crippen molar-refractivity contribution in [2.75, 3.05) is 25.0 Å². The molecule has 7 nitrogen and oxygen atoms in total. The minimum atomic E-state index is -0.511. The lowest BCUT2D eigenvalue weighted by Gasteiger charge is -2.44. The molecule has 0 bridgehead atoms. The van der Waals surface area contributed by atoms with Crippen molar-refractivity contribution in [1.82, 2.24) is 14.9 Å². The highest BCUT2D eigenvalue weighted by molar-refractivity contribution is 6.29. The molecule has 28 heavy (non-hydrogen) atoms. The van der Waals surface area contributed by atoms with E-state index in [-0.39, 0.29) is 18.7 Å². The molecule has 2 heterocycles. The molecule has 0 spiro atoms. The summed E-state index contributed by atoms with van der Waals surface area (Å²) in [6.45, 7) is 7.10. The number of anilines is 1. The SMILES string of the molecule is CN(C(=O)OC(C)(C)C)C1CN(c2cc(Cl)nc(COc3ccccc3)n2)C1. The summed E-state index contributed by atoms with van der Waals surface area (Å²) in [6.07, 6.45) is -0.324. The fraction of sp³-hybridized carbons (Fsp3) is 0.450. The lowest BCUT2D eigenvalue weighted by molar-refractivity contribution is 0.0196. The number of hydrogen-bond acceptors (Lipinski definition) is 6. The molecule has 1 aromatic carbocycles. The quantitative estimate of drug-likeness (QED) is 0.707. The van der Waals surface area contributed by atoms with Crippen LogP contribution in [0.15, 0.2) is 36.4 Å². The molecule has 1 amide bonds. The zero-order valence-corrected chi connectivity index (χ0v) is 17.3. The van der Waals surface area contributed by atoms with Gasteiger partial charge in [-0.15, -0.1) is 0 Å². The van der Waals surface area contributed by atoms with E-state index in [1.54, 1.807) is 18.0 Å². The summed E-state index contributed by atoms with van der Waals surface area (Å²) in [7, 11) is 1.75. The Hall–Kier alpha value is -2.54. The van der Waals surface area contributed by atoms with Crippen LogP contribution < -0.4 is 9.64 Å². The summed E-state index contributed by atoms with van der Waals surface area (Å²) in [4.78, 5) is 24.6. The Morgan fingerprint density at radius 3 is 2.57 bits per heavy atom. The van der Waals surface area contributed by atoms with Crippen LogP contribution in [0.4, 0.5) is 10.6 Å². The van der Waals surface area contributed by atoms with Gasteiger partial charge in [-0.3, -0.25) is 0 Å². The van der Waals surface area contributed by atoms with Crippen molar-refractivity contribution < 1.29 is 14.3 Å². The molecule has 1 aliphatic heterocycles. The summed E-state index contributed by atoms with van der Waals surface area (Å²) in [6, 6.07) is 11.3. The third-order valence-corrected chi connectivity index (χ3v) is 4.45. The first kappa shape index (κ1) is 20.2. The normalized spacial score (nSPS) is 14.4. The van der Waals surface area contributed by atoms with E-state index in [0.29, 0.717) is 24.1 Å². The molecular formula is C20H25ClN4O3. The number of likely N-dealkylation sites (N-methyl/N-ethyl adjacent to an activating group) is 1. The maximum atomic E-state index is 12.2. The number of nitrogens with zero attached hydrogens (tertiary/aromatic N) is 4. The van der Waals surface area contributed by atoms with Crippen molar-refractivity contribution in [2.45, 2.75) is 39.0 Å². The monoisotopic (exact) mass is 404 g/mol. The van der Waals surface area contributed by atoms with E-state index < -0.39 is 5.60 Å². The fourth-order valence-corrected chi connectivity index (χ4v) is 2.91. The highest BCUT2D eigenvalue weighted by atomic mass is 35.5. The Kier molecular flexibility index (Phi) is 5.93. The third-order valence-electron chi connectivity index (χ3n) is 4.25. The lowest BCUT2D eigenvalue weighted by atomic mass is 10.1. The van der Waals surface area contributed by atoms with Crippen LogP contribution in [0.3, 0.4) is 0 Å². The number of para-hydroxylation sites is 1. The van der Waals surface area contributed by atoms with Gasteiger partial charge in [-0.2, -0.15) is 0 Å². The zero-order valence-electron chi connectivity index (χ0n) is 16.6. The Labute approximate surface area is 170 Å². The summed E-state index contributed by atoms with van der Waals surface area (Å²) in [5, 5.41) is 0.362. The molecule has 0 atom stereocenters. The van der Waals surface area contributed by atoms with Gasteiger partial charge in [0, 0.05) is 26.2 Å². The Morgan fingerprint density at radius 1 is 1.25 bits per heavy atom. The second kappa shape index (κ2) is 8.22. The van der Waals surface area contributed by atoms with E-state index in [1.165, 1.54) is 0 Å². The zero-order chi connectivity index (χ0) is 20.3. The number of ether oxygens (including phenoxy) is 2. The molecule has 1 fully saturated rings. The van der Waals surface area contributed by atoms with E-state index in [9.17, 15) is 4.79 Å². The summed E-state index contributed by atoms with van der Waals surface area (Å²) < 4.78 is 11.1. The van der Waals surface area contributed by atoms with E-state index in [2.05, 4.69) is 9.97 Å². The van der Waals surface area contributed by atoms with Gasteiger partial charge in [-0.05, 0) is 32.9 Å². The number of benzene rings is 1. The maximum Gasteiger partial charge on any atom is 0.410 e. The van der Waals surface area contributed by atoms with Crippen LogP contribution >= 0.6 is 11.6 Å². The van der Waals surface area contributed by atoms with Crippen LogP contribution in [0.5, 0.6) is 5.75 Å². The van der Waals surface area contributed by atoms with E-state index in [0.717, 1.165) is 11.6 Å². The predicted molar refractivity (Wildman–Crippen MR) is 108 cm³/mol. The van der Waals surface area contributed by atoms with Gasteiger partial charge in [-0.25, -0.2) is 14.8 Å². The summed E-state index contributed by atoms with van der Waals surface area (Å²) in [5.74, 6) is 1.98. The second-order valence-electron chi connectivity index (χ2n) is 7.72. The van der Waals surface area contributed by atoms with Crippen LogP contribution in [0.25, 0.3) is 0 Å². The molecule has 0 aliphatic carbocycles. The third kappa shape index (κ3) is 5.25. The van der Waals surface area contributed by atoms with Crippen molar-refractivity contribution in [3.05, 3.63) is 47.4 Å². The van der Waals surface area contributed by atoms with Crippen LogP contribution in [-0.4, -0.2) is 52.7 Å². The first-order valence-electron chi connectivity index (χ1n) is 9.13. The van der Waals surface area contributed by atoms with Crippen LogP contribution in [0, 0.1) is 0 Å². The van der Waals surface area contributed by atoms with Crippen molar-refractivity contribution >= 4 is 23.5 Å². The Bertz CT molecular complexity index is 820. The minimum absolute atomic E-state index is 0.0626. The largest absolute Gasteiger partial charge is 0.486 e. The molecular weight excluding hydrogens is 380 g/mol. The second-order valence-corrected chi connectivity index (χ2v) is 8.10. The van der Waals surface area contributed by atoms with E-state index >= 15 is 0 Å². The molecule has 150 valence electrons. The van der Waals surface area contributed by atoms with Gasteiger partial charge in [0.1, 0.15) is 28.9 Å². The van der Waals surface area contributed by atoms with Gasteiger partial charge < -0.3 is 19.3 Å². The molecule has 1 aliphatic rings. The summed E-state index contributed by atoms with van der Waals surface area (Å²) >= 11 is 6.16. The van der Waals surface area contributed by atoms with Crippen LogP contribution in [-0.2, 0) is 11.3 Å². The minimum Gasteiger partial charge on any atom is -0.486 e. The summed E-state index contributed by atoms with van der Waals surface area (Å²) in [5.41, 5.74) is -0.511. The molecule has 1 saturated heterocycles. The number of hydrogen-bond donors (Lipinski definition) is 0. The van der Waals surface area contributed by atoms with Gasteiger partial charge in [-0.1, -0.05) is 29.8 Å². The molecule has 0 saturated carbocycles. The maximum absolute atomic E-state index is 12.2. The average Bonchev–Trinajstić information content (AvgIpc) is 2.57. The number of aromatic nitrogens is 2. The van der Waals surface area contributed by atoms with Gasteiger partial charge in [0.25, 0.3) is 0 Å². The van der Waals surface area contributed by atoms with Crippen molar-refractivity contribution in [3.63, 3.8) is 0 Å². The standard InChI is InChI=1S/C20H25ClN4O3/c1-20(2,3)28-19(26)24(4)14-11-25(12-14)18-10-16(21)22-17(23-18)13-27-15-8-6-5-7-9-15/h5-10,14H,11-13H2,1-4H3. The van der Waals surface area contributed by atoms with Crippen LogP contribution in [0.1, 0.15) is 26.6 Å². The molecule has 0 radical (unpaired) electrons. The van der Waals surface area contributed by atoms with Crippen molar-refractivity contribution in [3.8, 4) is 5.75 Å². The van der Waals surface area contributed by atoms with Gasteiger partial charge in [0.2, 0.25) is 0 Å². The highest BCUT2D eigenvalue weighted by Crippen LogP contribution is 2.25. The number of amides is 1. The van der Waals surface area contributed by atoms with Gasteiger partial charge >= 0.3 is 6.09 Å². The fourth-order valence-electron chi connectivity index (χ4n) is 2.71. The lowest BCUT2D eigenvalue weighted by Crippen LogP contribution is -2.60. The first-order chi connectivity index (χ1) is 13.2. The van der Waals surface area contributed by atoms with Crippen LogP contribution in [0.2, 0.25) is 5.15 Å². The predicted octanol–water partition coefficient (Wildman–Crippen LogP) is 3.76. The highest BCUT2D eigenvalue weighted by Gasteiger charge is 2.35. The van der Waals surface area contributed by atoms with Crippen molar-refractivity contribution in [1.29, 1.82) is 0 Å². The van der Waals surface area contributed by atoms with E-state index in [4.69, 9.17) is 21.1 Å². The number of rotatable bonds is 5. The number of carbonyl (C=O) groups excluding carboxylic acids is 1. The number of halogens is 1. The molecule has 2 aromatic rings. The number of carbonyl (C=O) groups is 1. The first-order valence-corrected chi connectivity index (χ1v) is 9.51. The molecule has 0 N–H and O–H groups in total. The molecule has 8 heteroatoms. The Balaban J connectivity index is 1.58. The van der Waals surface area contributed by atoms with Crippen molar-refractivity contribution in [2.24, 2.45) is 0 Å².